The van der Waals surface area contributed by atoms with Crippen LogP contribution in [-0.4, -0.2) is 45.0 Å². The number of nitrogens with zero attached hydrogens (tertiary/aromatic N) is 3. The second-order valence-corrected chi connectivity index (χ2v) is 9.71. The fourth-order valence-electron chi connectivity index (χ4n) is 2.86. The highest BCUT2D eigenvalue weighted by molar-refractivity contribution is 7.90. The SMILES string of the molecule is CCOC(=O)c1cc(C#N)c(N2CC(C(=O)NS(=O)(=O)c3csc(Cl)c3)C2)nc1C. The summed E-state index contributed by atoms with van der Waals surface area (Å²) < 4.78 is 31.8. The standard InChI is InChI=1S/C18H17ClN4O5S2/c1-3-28-18(25)14-4-11(6-20)16(21-10(14)2)23-7-12(8-23)17(24)22-30(26,27)13-5-15(19)29-9-13/h4-5,9,12H,3,7-8H2,1-2H3,(H,22,24). The van der Waals surface area contributed by atoms with E-state index in [0.717, 1.165) is 11.3 Å². The van der Waals surface area contributed by atoms with Crippen LogP contribution in [0.3, 0.4) is 0 Å². The van der Waals surface area contributed by atoms with E-state index in [1.54, 1.807) is 18.7 Å². The van der Waals surface area contributed by atoms with Crippen LogP contribution < -0.4 is 9.62 Å². The van der Waals surface area contributed by atoms with E-state index in [4.69, 9.17) is 16.3 Å². The number of pyridine rings is 1. The summed E-state index contributed by atoms with van der Waals surface area (Å²) in [7, 11) is -3.99. The molecule has 158 valence electrons. The van der Waals surface area contributed by atoms with Crippen molar-refractivity contribution < 1.29 is 22.7 Å². The molecule has 0 radical (unpaired) electrons. The number of aryl methyl sites for hydroxylation is 1. The molecular weight excluding hydrogens is 452 g/mol. The molecule has 1 N–H and O–H groups in total. The lowest BCUT2D eigenvalue weighted by atomic mass is 9.98. The predicted molar refractivity (Wildman–Crippen MR) is 110 cm³/mol. The smallest absolute Gasteiger partial charge is 0.340 e. The number of thiophene rings is 1. The molecule has 2 aromatic rings. The Balaban J connectivity index is 1.70. The molecule has 0 saturated carbocycles. The van der Waals surface area contributed by atoms with Gasteiger partial charge in [0.1, 0.15) is 11.9 Å². The highest BCUT2D eigenvalue weighted by Gasteiger charge is 2.37. The van der Waals surface area contributed by atoms with Crippen LogP contribution in [0.4, 0.5) is 5.82 Å². The number of hydrogen-bond acceptors (Lipinski definition) is 9. The average Bonchev–Trinajstić information content (AvgIpc) is 3.08. The van der Waals surface area contributed by atoms with Crippen molar-refractivity contribution in [1.82, 2.24) is 9.71 Å². The van der Waals surface area contributed by atoms with E-state index >= 15 is 0 Å². The zero-order chi connectivity index (χ0) is 22.1. The van der Waals surface area contributed by atoms with E-state index in [0.29, 0.717) is 15.8 Å². The molecule has 9 nitrogen and oxygen atoms in total. The molecule has 3 heterocycles. The minimum absolute atomic E-state index is 0.0689. The van der Waals surface area contributed by atoms with Gasteiger partial charge in [-0.3, -0.25) is 4.79 Å². The maximum atomic E-state index is 12.3. The molecule has 0 bridgehead atoms. The predicted octanol–water partition coefficient (Wildman–Crippen LogP) is 2.09. The van der Waals surface area contributed by atoms with Crippen molar-refractivity contribution in [2.75, 3.05) is 24.6 Å². The summed E-state index contributed by atoms with van der Waals surface area (Å²) in [6.07, 6.45) is 0. The second kappa shape index (κ2) is 8.59. The van der Waals surface area contributed by atoms with Crippen molar-refractivity contribution in [1.29, 1.82) is 5.26 Å². The summed E-state index contributed by atoms with van der Waals surface area (Å²) in [5, 5.41) is 10.8. The molecule has 0 aromatic carbocycles. The van der Waals surface area contributed by atoms with Crippen LogP contribution >= 0.6 is 22.9 Å². The van der Waals surface area contributed by atoms with Crippen molar-refractivity contribution in [3.05, 3.63) is 38.7 Å². The maximum absolute atomic E-state index is 12.3. The first-order chi connectivity index (χ1) is 14.2. The van der Waals surface area contributed by atoms with Gasteiger partial charge in [-0.15, -0.1) is 11.3 Å². The van der Waals surface area contributed by atoms with E-state index in [1.165, 1.54) is 17.5 Å². The lowest BCUT2D eigenvalue weighted by molar-refractivity contribution is -0.123. The van der Waals surface area contributed by atoms with Crippen LogP contribution in [0.1, 0.15) is 28.5 Å². The third kappa shape index (κ3) is 4.40. The van der Waals surface area contributed by atoms with Crippen LogP contribution in [0, 0.1) is 24.2 Å². The minimum atomic E-state index is -3.99. The van der Waals surface area contributed by atoms with Crippen molar-refractivity contribution in [2.45, 2.75) is 18.7 Å². The lowest BCUT2D eigenvalue weighted by Crippen LogP contribution is -2.55. The number of nitriles is 1. The van der Waals surface area contributed by atoms with E-state index in [2.05, 4.69) is 4.98 Å². The number of aromatic nitrogens is 1. The fraction of sp³-hybridized carbons (Fsp3) is 0.333. The highest BCUT2D eigenvalue weighted by Crippen LogP contribution is 2.29. The zero-order valence-corrected chi connectivity index (χ0v) is 18.4. The van der Waals surface area contributed by atoms with Crippen molar-refractivity contribution in [2.24, 2.45) is 5.92 Å². The Hall–Kier alpha value is -2.68. The number of hydrogen-bond donors (Lipinski definition) is 1. The van der Waals surface area contributed by atoms with E-state index in [9.17, 15) is 23.3 Å². The molecule has 1 fully saturated rings. The topological polar surface area (TPSA) is 129 Å². The molecule has 30 heavy (non-hydrogen) atoms. The minimum Gasteiger partial charge on any atom is -0.462 e. The van der Waals surface area contributed by atoms with E-state index < -0.39 is 27.8 Å². The third-order valence-corrected chi connectivity index (χ3v) is 7.02. The molecule has 1 aliphatic rings. The van der Waals surface area contributed by atoms with Crippen molar-refractivity contribution in [3.63, 3.8) is 0 Å². The van der Waals surface area contributed by atoms with Crippen LogP contribution in [0.25, 0.3) is 0 Å². The number of ether oxygens (including phenoxy) is 1. The van der Waals surface area contributed by atoms with Crippen LogP contribution in [0.2, 0.25) is 4.34 Å². The largest absolute Gasteiger partial charge is 0.462 e. The van der Waals surface area contributed by atoms with Crippen LogP contribution in [-0.2, 0) is 19.6 Å². The van der Waals surface area contributed by atoms with E-state index in [1.807, 2.05) is 10.8 Å². The number of rotatable bonds is 6. The Labute approximate surface area is 182 Å². The summed E-state index contributed by atoms with van der Waals surface area (Å²) in [5.74, 6) is -1.47. The molecule has 0 unspecified atom stereocenters. The quantitative estimate of drug-likeness (QED) is 0.638. The number of esters is 1. The number of nitrogens with one attached hydrogen (secondary N) is 1. The summed E-state index contributed by atoms with van der Waals surface area (Å²) in [4.78, 5) is 30.3. The van der Waals surface area contributed by atoms with Gasteiger partial charge in [-0.05, 0) is 26.0 Å². The Bertz CT molecular complexity index is 1150. The van der Waals surface area contributed by atoms with Gasteiger partial charge < -0.3 is 9.64 Å². The molecule has 1 aliphatic heterocycles. The van der Waals surface area contributed by atoms with Gasteiger partial charge in [0.05, 0.1) is 38.6 Å². The monoisotopic (exact) mass is 468 g/mol. The molecule has 3 rings (SSSR count). The van der Waals surface area contributed by atoms with Gasteiger partial charge >= 0.3 is 5.97 Å². The number of sulfonamides is 1. The molecule has 2 aromatic heterocycles. The van der Waals surface area contributed by atoms with Gasteiger partial charge in [-0.25, -0.2) is 22.9 Å². The third-order valence-electron chi connectivity index (χ3n) is 4.45. The van der Waals surface area contributed by atoms with Gasteiger partial charge in [-0.1, -0.05) is 11.6 Å². The number of halogens is 1. The Morgan fingerprint density at radius 2 is 2.13 bits per heavy atom. The summed E-state index contributed by atoms with van der Waals surface area (Å²) in [6, 6.07) is 4.68. The molecule has 0 spiro atoms. The van der Waals surface area contributed by atoms with Crippen LogP contribution in [0.15, 0.2) is 22.4 Å². The number of carbonyl (C=O) groups is 2. The van der Waals surface area contributed by atoms with Crippen molar-refractivity contribution in [3.8, 4) is 6.07 Å². The first kappa shape index (κ1) is 22.0. The number of carbonyl (C=O) groups excluding carboxylic acids is 2. The summed E-state index contributed by atoms with van der Waals surface area (Å²) >= 11 is 6.80. The normalized spacial score (nSPS) is 14.0. The fourth-order valence-corrected chi connectivity index (χ4v) is 5.21. The van der Waals surface area contributed by atoms with Gasteiger partial charge in [0.15, 0.2) is 0 Å². The highest BCUT2D eigenvalue weighted by atomic mass is 35.5. The van der Waals surface area contributed by atoms with Gasteiger partial charge in [0.2, 0.25) is 5.91 Å². The lowest BCUT2D eigenvalue weighted by Gasteiger charge is -2.39. The molecule has 1 amide bonds. The first-order valence-corrected chi connectivity index (χ1v) is 11.5. The van der Waals surface area contributed by atoms with Gasteiger partial charge in [-0.2, -0.15) is 5.26 Å². The second-order valence-electron chi connectivity index (χ2n) is 6.48. The molecule has 12 heteroatoms. The molecule has 0 atom stereocenters. The van der Waals surface area contributed by atoms with Crippen molar-refractivity contribution >= 4 is 50.7 Å². The van der Waals surface area contributed by atoms with Gasteiger partial charge in [0, 0.05) is 18.5 Å². The average molecular weight is 469 g/mol. The first-order valence-electron chi connectivity index (χ1n) is 8.80. The Morgan fingerprint density at radius 1 is 1.43 bits per heavy atom. The maximum Gasteiger partial charge on any atom is 0.340 e. The summed E-state index contributed by atoms with van der Waals surface area (Å²) in [6.45, 7) is 3.88. The Kier molecular flexibility index (Phi) is 6.30. The molecule has 1 saturated heterocycles. The number of amides is 1. The zero-order valence-electron chi connectivity index (χ0n) is 16.0. The number of anilines is 1. The van der Waals surface area contributed by atoms with Crippen LogP contribution in [0.5, 0.6) is 0 Å². The molecular formula is C18H17ClN4O5S2. The summed E-state index contributed by atoms with van der Waals surface area (Å²) in [5.41, 5.74) is 0.766. The molecule has 0 aliphatic carbocycles. The van der Waals surface area contributed by atoms with Gasteiger partial charge in [0.25, 0.3) is 10.0 Å². The Morgan fingerprint density at radius 3 is 2.70 bits per heavy atom. The van der Waals surface area contributed by atoms with E-state index in [-0.39, 0.29) is 35.7 Å².